The van der Waals surface area contributed by atoms with E-state index in [9.17, 15) is 9.90 Å². The third-order valence-electron chi connectivity index (χ3n) is 4.41. The monoisotopic (exact) mass is 324 g/mol. The highest BCUT2D eigenvalue weighted by molar-refractivity contribution is 7.09. The average molecular weight is 324 g/mol. The van der Waals surface area contributed by atoms with Crippen molar-refractivity contribution in [1.29, 1.82) is 0 Å². The Balaban J connectivity index is 1.89. The second-order valence-corrected chi connectivity index (χ2v) is 7.48. The molecule has 2 N–H and O–H groups in total. The highest BCUT2D eigenvalue weighted by atomic mass is 32.1. The number of hydrogen-bond donors (Lipinski definition) is 2. The Morgan fingerprint density at radius 1 is 1.41 bits per heavy atom. The topological polar surface area (TPSA) is 62.2 Å². The second kappa shape index (κ2) is 8.63. The van der Waals surface area contributed by atoms with Crippen molar-refractivity contribution < 1.29 is 9.90 Å². The summed E-state index contributed by atoms with van der Waals surface area (Å²) in [7, 11) is 0. The van der Waals surface area contributed by atoms with Crippen LogP contribution in [0.25, 0.3) is 0 Å². The summed E-state index contributed by atoms with van der Waals surface area (Å²) in [4.78, 5) is 16.8. The Bertz CT molecular complexity index is 467. The molecule has 22 heavy (non-hydrogen) atoms. The molecule has 4 nitrogen and oxygen atoms in total. The summed E-state index contributed by atoms with van der Waals surface area (Å²) >= 11 is 1.63. The Hall–Kier alpha value is -0.940. The van der Waals surface area contributed by atoms with Crippen LogP contribution in [0, 0.1) is 5.92 Å². The first-order chi connectivity index (χ1) is 10.6. The van der Waals surface area contributed by atoms with Gasteiger partial charge in [0.25, 0.3) is 0 Å². The number of carbonyl (C=O) groups is 1. The first kappa shape index (κ1) is 17.4. The van der Waals surface area contributed by atoms with Gasteiger partial charge in [0.1, 0.15) is 0 Å². The lowest BCUT2D eigenvalue weighted by Gasteiger charge is -2.30. The summed E-state index contributed by atoms with van der Waals surface area (Å²) in [6.07, 6.45) is 7.12. The summed E-state index contributed by atoms with van der Waals surface area (Å²) in [6, 6.07) is 0.112. The molecule has 0 spiro atoms. The van der Waals surface area contributed by atoms with Gasteiger partial charge in [-0.25, -0.2) is 4.98 Å². The molecule has 1 atom stereocenters. The standard InChI is InChI=1S/C17H28N2O2S/c1-12(2)17-18-14(11-22-17)10-16(21)19-15(8-9-20)13-6-4-3-5-7-13/h11-13,15,20H,3-10H2,1-2H3,(H,19,21). The van der Waals surface area contributed by atoms with Crippen molar-refractivity contribution in [2.45, 2.75) is 70.8 Å². The summed E-state index contributed by atoms with van der Waals surface area (Å²) in [5, 5.41) is 15.5. The molecular weight excluding hydrogens is 296 g/mol. The molecule has 1 heterocycles. The number of carbonyl (C=O) groups excluding carboxylic acids is 1. The fourth-order valence-electron chi connectivity index (χ4n) is 3.19. The number of nitrogens with zero attached hydrogens (tertiary/aromatic N) is 1. The van der Waals surface area contributed by atoms with Crippen LogP contribution in [-0.4, -0.2) is 28.6 Å². The zero-order valence-corrected chi connectivity index (χ0v) is 14.5. The summed E-state index contributed by atoms with van der Waals surface area (Å²) in [5.41, 5.74) is 0.859. The van der Waals surface area contributed by atoms with E-state index in [0.29, 0.717) is 24.7 Å². The second-order valence-electron chi connectivity index (χ2n) is 6.59. The Morgan fingerprint density at radius 3 is 2.73 bits per heavy atom. The summed E-state index contributed by atoms with van der Waals surface area (Å²) in [6.45, 7) is 4.36. The van der Waals surface area contributed by atoms with Crippen LogP contribution >= 0.6 is 11.3 Å². The number of thiazole rings is 1. The number of aromatic nitrogens is 1. The van der Waals surface area contributed by atoms with E-state index in [1.165, 1.54) is 32.1 Å². The van der Waals surface area contributed by atoms with E-state index >= 15 is 0 Å². The minimum absolute atomic E-state index is 0.0321. The Kier molecular flexibility index (Phi) is 6.83. The molecule has 1 aliphatic carbocycles. The molecule has 124 valence electrons. The number of aliphatic hydroxyl groups excluding tert-OH is 1. The molecular formula is C17H28N2O2S. The van der Waals surface area contributed by atoms with E-state index in [2.05, 4.69) is 24.1 Å². The van der Waals surface area contributed by atoms with Crippen LogP contribution in [0.2, 0.25) is 0 Å². The van der Waals surface area contributed by atoms with Gasteiger partial charge in [-0.3, -0.25) is 4.79 Å². The first-order valence-electron chi connectivity index (χ1n) is 8.44. The fourth-order valence-corrected chi connectivity index (χ4v) is 4.03. The van der Waals surface area contributed by atoms with E-state index in [-0.39, 0.29) is 18.6 Å². The molecule has 0 aromatic carbocycles. The van der Waals surface area contributed by atoms with Gasteiger partial charge in [0.05, 0.1) is 17.1 Å². The van der Waals surface area contributed by atoms with Gasteiger partial charge in [-0.2, -0.15) is 0 Å². The maximum atomic E-state index is 12.3. The molecule has 1 fully saturated rings. The molecule has 0 radical (unpaired) electrons. The lowest BCUT2D eigenvalue weighted by atomic mass is 9.82. The maximum absolute atomic E-state index is 12.3. The molecule has 1 aromatic heterocycles. The van der Waals surface area contributed by atoms with Crippen molar-refractivity contribution in [3.8, 4) is 0 Å². The van der Waals surface area contributed by atoms with Gasteiger partial charge in [0, 0.05) is 23.9 Å². The minimum atomic E-state index is 0.0321. The molecule has 0 aliphatic heterocycles. The van der Waals surface area contributed by atoms with Gasteiger partial charge >= 0.3 is 0 Å². The van der Waals surface area contributed by atoms with E-state index in [1.807, 2.05) is 5.38 Å². The van der Waals surface area contributed by atoms with Gasteiger partial charge in [0.2, 0.25) is 5.91 Å². The van der Waals surface area contributed by atoms with Crippen LogP contribution in [-0.2, 0) is 11.2 Å². The summed E-state index contributed by atoms with van der Waals surface area (Å²) < 4.78 is 0. The third-order valence-corrected chi connectivity index (χ3v) is 5.60. The van der Waals surface area contributed by atoms with Crippen LogP contribution in [0.1, 0.15) is 69.0 Å². The van der Waals surface area contributed by atoms with Crippen molar-refractivity contribution in [3.05, 3.63) is 16.1 Å². The number of hydrogen-bond acceptors (Lipinski definition) is 4. The third kappa shape index (κ3) is 5.06. The summed E-state index contributed by atoms with van der Waals surface area (Å²) in [5.74, 6) is 0.960. The number of nitrogens with one attached hydrogen (secondary N) is 1. The zero-order valence-electron chi connectivity index (χ0n) is 13.7. The quantitative estimate of drug-likeness (QED) is 0.809. The molecule has 1 aliphatic rings. The number of amides is 1. The Labute approximate surface area is 137 Å². The van der Waals surface area contributed by atoms with Crippen molar-refractivity contribution in [1.82, 2.24) is 10.3 Å². The molecule has 2 rings (SSSR count). The van der Waals surface area contributed by atoms with Crippen molar-refractivity contribution in [2.24, 2.45) is 5.92 Å². The lowest BCUT2D eigenvalue weighted by molar-refractivity contribution is -0.121. The van der Waals surface area contributed by atoms with E-state index in [1.54, 1.807) is 11.3 Å². The van der Waals surface area contributed by atoms with Gasteiger partial charge in [-0.05, 0) is 25.2 Å². The fraction of sp³-hybridized carbons (Fsp3) is 0.765. The predicted molar refractivity (Wildman–Crippen MR) is 90.1 cm³/mol. The van der Waals surface area contributed by atoms with Gasteiger partial charge in [0.15, 0.2) is 0 Å². The Morgan fingerprint density at radius 2 is 2.14 bits per heavy atom. The lowest BCUT2D eigenvalue weighted by Crippen LogP contribution is -2.42. The largest absolute Gasteiger partial charge is 0.396 e. The SMILES string of the molecule is CC(C)c1nc(CC(=O)NC(CCO)C2CCCCC2)cs1. The molecule has 1 saturated carbocycles. The highest BCUT2D eigenvalue weighted by Gasteiger charge is 2.24. The maximum Gasteiger partial charge on any atom is 0.226 e. The van der Waals surface area contributed by atoms with E-state index in [0.717, 1.165) is 10.7 Å². The van der Waals surface area contributed by atoms with Gasteiger partial charge < -0.3 is 10.4 Å². The van der Waals surface area contributed by atoms with Crippen LogP contribution in [0.4, 0.5) is 0 Å². The van der Waals surface area contributed by atoms with Gasteiger partial charge in [-0.1, -0.05) is 33.1 Å². The molecule has 1 unspecified atom stereocenters. The number of aliphatic hydroxyl groups is 1. The van der Waals surface area contributed by atoms with Crippen molar-refractivity contribution in [2.75, 3.05) is 6.61 Å². The molecule has 5 heteroatoms. The van der Waals surface area contributed by atoms with E-state index in [4.69, 9.17) is 0 Å². The van der Waals surface area contributed by atoms with Gasteiger partial charge in [-0.15, -0.1) is 11.3 Å². The molecule has 1 amide bonds. The molecule has 1 aromatic rings. The normalized spacial score (nSPS) is 17.6. The zero-order chi connectivity index (χ0) is 15.9. The van der Waals surface area contributed by atoms with Crippen LogP contribution < -0.4 is 5.32 Å². The smallest absolute Gasteiger partial charge is 0.226 e. The van der Waals surface area contributed by atoms with Crippen LogP contribution in [0.15, 0.2) is 5.38 Å². The van der Waals surface area contributed by atoms with Crippen molar-refractivity contribution >= 4 is 17.2 Å². The highest BCUT2D eigenvalue weighted by Crippen LogP contribution is 2.28. The molecule has 0 bridgehead atoms. The van der Waals surface area contributed by atoms with Crippen molar-refractivity contribution in [3.63, 3.8) is 0 Å². The predicted octanol–water partition coefficient (Wildman–Crippen LogP) is 3.26. The van der Waals surface area contributed by atoms with E-state index < -0.39 is 0 Å². The van der Waals surface area contributed by atoms with Crippen LogP contribution in [0.5, 0.6) is 0 Å². The molecule has 0 saturated heterocycles. The first-order valence-corrected chi connectivity index (χ1v) is 9.32. The van der Waals surface area contributed by atoms with Crippen LogP contribution in [0.3, 0.4) is 0 Å². The minimum Gasteiger partial charge on any atom is -0.396 e. The number of rotatable bonds is 7. The average Bonchev–Trinajstić information content (AvgIpc) is 2.96.